The largest absolute Gasteiger partial charge is 0.440 e. The van der Waals surface area contributed by atoms with Crippen LogP contribution in [0.4, 0.5) is 18.0 Å². The number of fused-ring (bicyclic) bond motifs is 1. The number of hydrogen-bond donors (Lipinski definition) is 1. The smallest absolute Gasteiger partial charge is 0.405 e. The maximum Gasteiger partial charge on any atom is 0.405 e. The van der Waals surface area contributed by atoms with Crippen molar-refractivity contribution in [3.63, 3.8) is 0 Å². The number of ether oxygens (including phenoxy) is 1. The fraction of sp³-hybridized carbons (Fsp3) is 0.214. The van der Waals surface area contributed by atoms with Gasteiger partial charge >= 0.3 is 6.09 Å². The normalized spacial score (nSPS) is 12.7. The van der Waals surface area contributed by atoms with Gasteiger partial charge in [0.05, 0.1) is 11.2 Å². The second kappa shape index (κ2) is 6.75. The molecule has 25 heavy (non-hydrogen) atoms. The summed E-state index contributed by atoms with van der Waals surface area (Å²) in [7, 11) is 0. The van der Waals surface area contributed by atoms with E-state index in [0.29, 0.717) is 9.86 Å². The monoisotopic (exact) mass is 418 g/mol. The van der Waals surface area contributed by atoms with Crippen molar-refractivity contribution in [2.75, 3.05) is 0 Å². The fourth-order valence-corrected chi connectivity index (χ4v) is 2.79. The van der Waals surface area contributed by atoms with E-state index >= 15 is 0 Å². The summed E-state index contributed by atoms with van der Waals surface area (Å²) in [5.74, 6) is -0.244. The van der Waals surface area contributed by atoms with Gasteiger partial charge in [-0.15, -0.1) is 0 Å². The molecule has 0 aliphatic carbocycles. The van der Waals surface area contributed by atoms with Crippen LogP contribution >= 0.6 is 15.9 Å². The number of alkyl halides is 3. The first-order valence-electron chi connectivity index (χ1n) is 6.85. The van der Waals surface area contributed by atoms with Crippen LogP contribution in [0.1, 0.15) is 12.2 Å². The second-order valence-corrected chi connectivity index (χ2v) is 5.75. The third-order valence-corrected chi connectivity index (χ3v) is 4.01. The molecule has 0 spiro atoms. The molecule has 3 aromatic rings. The lowest BCUT2D eigenvalue weighted by Crippen LogP contribution is -2.13. The van der Waals surface area contributed by atoms with Crippen molar-refractivity contribution in [1.29, 1.82) is 0 Å². The Morgan fingerprint density at radius 3 is 2.84 bits per heavy atom. The quantitative estimate of drug-likeness (QED) is 0.679. The van der Waals surface area contributed by atoms with Gasteiger partial charge in [0.2, 0.25) is 12.1 Å². The predicted octanol–water partition coefficient (Wildman–Crippen LogP) is 3.78. The Morgan fingerprint density at radius 2 is 2.16 bits per heavy atom. The molecule has 2 aromatic heterocycles. The molecule has 0 fully saturated rings. The van der Waals surface area contributed by atoms with Gasteiger partial charge in [0.15, 0.2) is 6.61 Å². The molecule has 3 rings (SSSR count). The number of carbonyl (C=O) groups is 1. The maximum atomic E-state index is 14.2. The average Bonchev–Trinajstić information content (AvgIpc) is 3.17. The van der Waals surface area contributed by atoms with Gasteiger partial charge in [0, 0.05) is 9.86 Å². The summed E-state index contributed by atoms with van der Waals surface area (Å²) in [5.41, 5.74) is 5.05. The van der Waals surface area contributed by atoms with Crippen LogP contribution in [0.15, 0.2) is 33.3 Å². The number of halogens is 4. The number of hydrogen-bond acceptors (Lipinski definition) is 5. The number of amides is 1. The lowest BCUT2D eigenvalue weighted by atomic mass is 10.2. The van der Waals surface area contributed by atoms with Crippen molar-refractivity contribution >= 4 is 32.9 Å². The number of nitrogens with zero attached hydrogens (tertiary/aromatic N) is 3. The molecule has 11 heteroatoms. The summed E-state index contributed by atoms with van der Waals surface area (Å²) in [5, 5.41) is 4.13. The van der Waals surface area contributed by atoms with Crippen LogP contribution in [-0.2, 0) is 11.3 Å². The number of nitrogens with two attached hydrogens (primary N) is 1. The molecule has 1 unspecified atom stereocenters. The van der Waals surface area contributed by atoms with Gasteiger partial charge in [0.25, 0.3) is 12.3 Å². The molecule has 7 nitrogen and oxygen atoms in total. The standard InChI is InChI=1S/C14H10BrF3N4O3/c15-7-2-1-3-8-6(7)4-9(22(8)12(18)11(16)17)13-20-10(25-21-13)5-24-14(19)23/h1-4,11-12H,5H2,(H2,19,23). The van der Waals surface area contributed by atoms with Gasteiger partial charge in [-0.2, -0.15) is 4.98 Å². The van der Waals surface area contributed by atoms with Crippen molar-refractivity contribution in [2.45, 2.75) is 19.3 Å². The molecular weight excluding hydrogens is 409 g/mol. The molecule has 1 aromatic carbocycles. The Hall–Kier alpha value is -2.56. The van der Waals surface area contributed by atoms with E-state index in [0.717, 1.165) is 4.57 Å². The van der Waals surface area contributed by atoms with E-state index in [4.69, 9.17) is 10.3 Å². The highest BCUT2D eigenvalue weighted by molar-refractivity contribution is 9.10. The summed E-state index contributed by atoms with van der Waals surface area (Å²) in [6.07, 6.45) is -6.90. The minimum Gasteiger partial charge on any atom is -0.440 e. The molecule has 132 valence electrons. The molecular formula is C14H10BrF3N4O3. The SMILES string of the molecule is NC(=O)OCc1nc(-c2cc3c(Br)cccc3n2C(F)C(F)F)no1. The Morgan fingerprint density at radius 1 is 1.40 bits per heavy atom. The molecule has 0 radical (unpaired) electrons. The molecule has 2 N–H and O–H groups in total. The first-order chi connectivity index (χ1) is 11.9. The van der Waals surface area contributed by atoms with Gasteiger partial charge in [-0.05, 0) is 18.2 Å². The summed E-state index contributed by atoms with van der Waals surface area (Å²) in [4.78, 5) is 14.5. The zero-order chi connectivity index (χ0) is 18.1. The van der Waals surface area contributed by atoms with E-state index in [2.05, 4.69) is 30.8 Å². The van der Waals surface area contributed by atoms with E-state index in [1.807, 2.05) is 0 Å². The second-order valence-electron chi connectivity index (χ2n) is 4.90. The zero-order valence-electron chi connectivity index (χ0n) is 12.3. The highest BCUT2D eigenvalue weighted by Gasteiger charge is 2.28. The lowest BCUT2D eigenvalue weighted by molar-refractivity contribution is 0.0114. The summed E-state index contributed by atoms with van der Waals surface area (Å²) in [6, 6.07) is 6.23. The van der Waals surface area contributed by atoms with Gasteiger partial charge in [0.1, 0.15) is 0 Å². The van der Waals surface area contributed by atoms with Crippen LogP contribution in [0.5, 0.6) is 0 Å². The van der Waals surface area contributed by atoms with Crippen molar-refractivity contribution < 1.29 is 27.2 Å². The summed E-state index contributed by atoms with van der Waals surface area (Å²) < 4.78 is 50.9. The molecule has 1 amide bonds. The minimum absolute atomic E-state index is 0.0104. The van der Waals surface area contributed by atoms with Gasteiger partial charge in [-0.1, -0.05) is 27.2 Å². The van der Waals surface area contributed by atoms with E-state index in [-0.39, 0.29) is 29.5 Å². The van der Waals surface area contributed by atoms with Crippen molar-refractivity contribution in [1.82, 2.24) is 14.7 Å². The molecule has 1 atom stereocenters. The molecule has 0 saturated heterocycles. The lowest BCUT2D eigenvalue weighted by Gasteiger charge is -2.13. The zero-order valence-corrected chi connectivity index (χ0v) is 13.9. The van der Waals surface area contributed by atoms with Crippen molar-refractivity contribution in [3.8, 4) is 11.5 Å². The highest BCUT2D eigenvalue weighted by atomic mass is 79.9. The number of benzene rings is 1. The minimum atomic E-state index is -3.25. The summed E-state index contributed by atoms with van der Waals surface area (Å²) >= 11 is 3.29. The van der Waals surface area contributed by atoms with Gasteiger partial charge in [-0.25, -0.2) is 18.0 Å². The Kier molecular flexibility index (Phi) is 4.66. The molecule has 2 heterocycles. The van der Waals surface area contributed by atoms with Crippen LogP contribution in [-0.4, -0.2) is 27.2 Å². The molecule has 0 bridgehead atoms. The van der Waals surface area contributed by atoms with Gasteiger partial charge in [-0.3, -0.25) is 0 Å². The Labute approximate surface area is 146 Å². The van der Waals surface area contributed by atoms with Crippen LogP contribution < -0.4 is 5.73 Å². The summed E-state index contributed by atoms with van der Waals surface area (Å²) in [6.45, 7) is -0.389. The molecule has 0 saturated carbocycles. The number of carbonyl (C=O) groups excluding carboxylic acids is 1. The predicted molar refractivity (Wildman–Crippen MR) is 83.5 cm³/mol. The highest BCUT2D eigenvalue weighted by Crippen LogP contribution is 2.36. The van der Waals surface area contributed by atoms with Crippen LogP contribution in [0.3, 0.4) is 0 Å². The maximum absolute atomic E-state index is 14.2. The first kappa shape index (κ1) is 17.3. The molecule has 0 aliphatic heterocycles. The number of primary amides is 1. The third kappa shape index (κ3) is 3.31. The topological polar surface area (TPSA) is 96.2 Å². The number of aromatic nitrogens is 3. The fourth-order valence-electron chi connectivity index (χ4n) is 2.32. The van der Waals surface area contributed by atoms with Crippen LogP contribution in [0.2, 0.25) is 0 Å². The van der Waals surface area contributed by atoms with E-state index in [1.165, 1.54) is 12.1 Å². The Balaban J connectivity index is 2.10. The molecule has 0 aliphatic rings. The van der Waals surface area contributed by atoms with Crippen LogP contribution in [0.25, 0.3) is 22.4 Å². The van der Waals surface area contributed by atoms with E-state index in [9.17, 15) is 18.0 Å². The third-order valence-electron chi connectivity index (χ3n) is 3.32. The van der Waals surface area contributed by atoms with Crippen LogP contribution in [0, 0.1) is 0 Å². The first-order valence-corrected chi connectivity index (χ1v) is 7.64. The Bertz CT molecular complexity index is 927. The average molecular weight is 419 g/mol. The van der Waals surface area contributed by atoms with E-state index in [1.54, 1.807) is 12.1 Å². The van der Waals surface area contributed by atoms with Crippen molar-refractivity contribution in [2.24, 2.45) is 5.73 Å². The van der Waals surface area contributed by atoms with Gasteiger partial charge < -0.3 is 19.6 Å². The van der Waals surface area contributed by atoms with Crippen molar-refractivity contribution in [3.05, 3.63) is 34.6 Å². The number of rotatable bonds is 5. The van der Waals surface area contributed by atoms with E-state index < -0.39 is 18.8 Å².